The first-order valence-electron chi connectivity index (χ1n) is 25.9. The molecule has 1 atom stereocenters. The van der Waals surface area contributed by atoms with E-state index in [4.69, 9.17) is 14.2 Å². The Balaban J connectivity index is 4.39. The third-order valence-electron chi connectivity index (χ3n) is 11.0. The Morgan fingerprint density at radius 3 is 0.984 bits per heavy atom. The Bertz CT molecular complexity index is 1180. The van der Waals surface area contributed by atoms with Crippen LogP contribution in [0.25, 0.3) is 0 Å². The summed E-state index contributed by atoms with van der Waals surface area (Å²) >= 11 is 0. The highest BCUT2D eigenvalue weighted by Crippen LogP contribution is 2.15. The standard InChI is InChI=1S/C56H96O6/c1-4-7-10-13-16-19-21-23-25-27-28-30-31-33-35-37-40-43-46-49-55(58)61-52-53(51-60-54(57)48-45-42-39-18-15-12-9-6-3)62-56(59)50-47-44-41-38-36-34-32-29-26-24-22-20-17-14-11-8-5-2/h7,10,16,19,23,25,28,30,33,35,40,43,53H,4-6,8-9,11-15,17-18,20-22,24,26-27,29,31-32,34,36-39,41-42,44-52H2,1-3H3/b10-7-,19-16-,25-23-,30-28-,35-33-,43-40-. The van der Waals surface area contributed by atoms with Crippen LogP contribution in [0, 0.1) is 0 Å². The van der Waals surface area contributed by atoms with Crippen LogP contribution in [0.15, 0.2) is 72.9 Å². The largest absolute Gasteiger partial charge is 0.462 e. The van der Waals surface area contributed by atoms with Crippen molar-refractivity contribution in [3.8, 4) is 0 Å². The van der Waals surface area contributed by atoms with Crippen molar-refractivity contribution in [3.63, 3.8) is 0 Å². The summed E-state index contributed by atoms with van der Waals surface area (Å²) in [5, 5.41) is 0. The number of hydrogen-bond donors (Lipinski definition) is 0. The second-order valence-electron chi connectivity index (χ2n) is 17.1. The summed E-state index contributed by atoms with van der Waals surface area (Å²) in [4.78, 5) is 37.8. The first kappa shape index (κ1) is 58.9. The van der Waals surface area contributed by atoms with E-state index in [1.807, 2.05) is 6.08 Å². The van der Waals surface area contributed by atoms with Gasteiger partial charge in [-0.3, -0.25) is 14.4 Å². The van der Waals surface area contributed by atoms with Gasteiger partial charge in [0.15, 0.2) is 6.10 Å². The van der Waals surface area contributed by atoms with Crippen molar-refractivity contribution in [2.75, 3.05) is 13.2 Å². The van der Waals surface area contributed by atoms with E-state index in [2.05, 4.69) is 87.6 Å². The maximum absolute atomic E-state index is 12.8. The van der Waals surface area contributed by atoms with Gasteiger partial charge in [0.05, 0.1) is 0 Å². The fourth-order valence-corrected chi connectivity index (χ4v) is 7.12. The number of carbonyl (C=O) groups excluding carboxylic acids is 3. The van der Waals surface area contributed by atoms with Crippen LogP contribution < -0.4 is 0 Å². The molecule has 356 valence electrons. The molecule has 0 radical (unpaired) electrons. The third-order valence-corrected chi connectivity index (χ3v) is 11.0. The fourth-order valence-electron chi connectivity index (χ4n) is 7.12. The summed E-state index contributed by atoms with van der Waals surface area (Å²) in [6.07, 6.45) is 63.4. The Kier molecular flexibility index (Phi) is 47.9. The number of esters is 3. The lowest BCUT2D eigenvalue weighted by molar-refractivity contribution is -0.166. The quantitative estimate of drug-likeness (QED) is 0.0262. The van der Waals surface area contributed by atoms with Gasteiger partial charge in [-0.2, -0.15) is 0 Å². The average molecular weight is 865 g/mol. The third kappa shape index (κ3) is 47.9. The van der Waals surface area contributed by atoms with Gasteiger partial charge in [0.2, 0.25) is 0 Å². The minimum Gasteiger partial charge on any atom is -0.462 e. The Labute approximate surface area is 382 Å². The van der Waals surface area contributed by atoms with Crippen LogP contribution in [-0.4, -0.2) is 37.2 Å². The Morgan fingerprint density at radius 1 is 0.339 bits per heavy atom. The van der Waals surface area contributed by atoms with Gasteiger partial charge in [-0.05, 0) is 57.8 Å². The van der Waals surface area contributed by atoms with Crippen molar-refractivity contribution in [1.82, 2.24) is 0 Å². The first-order valence-corrected chi connectivity index (χ1v) is 25.9. The molecule has 0 N–H and O–H groups in total. The van der Waals surface area contributed by atoms with Crippen LogP contribution in [0.2, 0.25) is 0 Å². The summed E-state index contributed by atoms with van der Waals surface area (Å²) in [5.74, 6) is -0.984. The molecule has 0 aromatic carbocycles. The predicted molar refractivity (Wildman–Crippen MR) is 265 cm³/mol. The van der Waals surface area contributed by atoms with Crippen molar-refractivity contribution in [2.24, 2.45) is 0 Å². The molecule has 0 amide bonds. The molecule has 0 saturated heterocycles. The number of allylic oxidation sites excluding steroid dienone is 12. The first-order chi connectivity index (χ1) is 30.5. The normalized spacial score (nSPS) is 12.6. The summed E-state index contributed by atoms with van der Waals surface area (Å²) in [7, 11) is 0. The topological polar surface area (TPSA) is 78.9 Å². The number of ether oxygens (including phenoxy) is 3. The molecule has 0 heterocycles. The molecule has 0 aromatic rings. The molecule has 0 spiro atoms. The van der Waals surface area contributed by atoms with E-state index in [-0.39, 0.29) is 37.5 Å². The van der Waals surface area contributed by atoms with Gasteiger partial charge in [-0.25, -0.2) is 0 Å². The van der Waals surface area contributed by atoms with Gasteiger partial charge < -0.3 is 14.2 Å². The zero-order valence-electron chi connectivity index (χ0n) is 40.6. The van der Waals surface area contributed by atoms with Crippen LogP contribution >= 0.6 is 0 Å². The van der Waals surface area contributed by atoms with E-state index in [0.29, 0.717) is 19.3 Å². The van der Waals surface area contributed by atoms with Gasteiger partial charge in [0.1, 0.15) is 13.2 Å². The monoisotopic (exact) mass is 865 g/mol. The van der Waals surface area contributed by atoms with E-state index in [0.717, 1.165) is 77.0 Å². The molecule has 0 aliphatic carbocycles. The molecule has 1 unspecified atom stereocenters. The SMILES string of the molecule is CC/C=C\C/C=C\C/C=C\C/C=C\C/C=C\C/C=C\CCC(=O)OCC(COC(=O)CCCCCCCCCC)OC(=O)CCCCCCCCCCCCCCCCCCC. The van der Waals surface area contributed by atoms with Crippen molar-refractivity contribution < 1.29 is 28.6 Å². The van der Waals surface area contributed by atoms with Crippen LogP contribution in [0.3, 0.4) is 0 Å². The van der Waals surface area contributed by atoms with Gasteiger partial charge in [-0.1, -0.05) is 241 Å². The maximum atomic E-state index is 12.8. The highest BCUT2D eigenvalue weighted by Gasteiger charge is 2.19. The Morgan fingerprint density at radius 2 is 0.629 bits per heavy atom. The number of rotatable bonds is 46. The lowest BCUT2D eigenvalue weighted by Gasteiger charge is -2.18. The minimum absolute atomic E-state index is 0.0962. The highest BCUT2D eigenvalue weighted by molar-refractivity contribution is 5.71. The molecule has 6 nitrogen and oxygen atoms in total. The van der Waals surface area contributed by atoms with Crippen LogP contribution in [0.5, 0.6) is 0 Å². The van der Waals surface area contributed by atoms with E-state index >= 15 is 0 Å². The number of carbonyl (C=O) groups is 3. The second kappa shape index (κ2) is 50.5. The molecule has 0 fully saturated rings. The molecule has 0 bridgehead atoms. The lowest BCUT2D eigenvalue weighted by Crippen LogP contribution is -2.30. The van der Waals surface area contributed by atoms with Crippen LogP contribution in [0.4, 0.5) is 0 Å². The molecule has 0 rings (SSSR count). The molecule has 62 heavy (non-hydrogen) atoms. The van der Waals surface area contributed by atoms with Gasteiger partial charge in [0.25, 0.3) is 0 Å². The Hall–Kier alpha value is -3.15. The number of hydrogen-bond acceptors (Lipinski definition) is 6. The maximum Gasteiger partial charge on any atom is 0.306 e. The second-order valence-corrected chi connectivity index (χ2v) is 17.1. The van der Waals surface area contributed by atoms with Crippen molar-refractivity contribution in [1.29, 1.82) is 0 Å². The van der Waals surface area contributed by atoms with E-state index in [1.54, 1.807) is 0 Å². The smallest absolute Gasteiger partial charge is 0.306 e. The molecular formula is C56H96O6. The lowest BCUT2D eigenvalue weighted by atomic mass is 10.0. The summed E-state index contributed by atoms with van der Waals surface area (Å²) in [5.41, 5.74) is 0. The number of unbranched alkanes of at least 4 members (excludes halogenated alkanes) is 23. The van der Waals surface area contributed by atoms with Crippen molar-refractivity contribution >= 4 is 17.9 Å². The van der Waals surface area contributed by atoms with Crippen LogP contribution in [0.1, 0.15) is 245 Å². The van der Waals surface area contributed by atoms with E-state index < -0.39 is 6.10 Å². The summed E-state index contributed by atoms with van der Waals surface area (Å²) in [6.45, 7) is 6.44. The molecule has 0 aliphatic rings. The van der Waals surface area contributed by atoms with Crippen molar-refractivity contribution in [2.45, 2.75) is 252 Å². The molecular weight excluding hydrogens is 769 g/mol. The predicted octanol–water partition coefficient (Wildman–Crippen LogP) is 17.0. The fraction of sp³-hybridized carbons (Fsp3) is 0.732. The van der Waals surface area contributed by atoms with Gasteiger partial charge >= 0.3 is 17.9 Å². The zero-order chi connectivity index (χ0) is 45.1. The molecule has 0 aromatic heterocycles. The van der Waals surface area contributed by atoms with Crippen LogP contribution in [-0.2, 0) is 28.6 Å². The highest BCUT2D eigenvalue weighted by atomic mass is 16.6. The van der Waals surface area contributed by atoms with Gasteiger partial charge in [-0.15, -0.1) is 0 Å². The van der Waals surface area contributed by atoms with E-state index in [1.165, 1.54) is 122 Å². The average Bonchev–Trinajstić information content (AvgIpc) is 3.27. The molecule has 0 aliphatic heterocycles. The molecule has 6 heteroatoms. The van der Waals surface area contributed by atoms with Crippen molar-refractivity contribution in [3.05, 3.63) is 72.9 Å². The van der Waals surface area contributed by atoms with E-state index in [9.17, 15) is 14.4 Å². The van der Waals surface area contributed by atoms with Gasteiger partial charge in [0, 0.05) is 19.3 Å². The molecule has 0 saturated carbocycles. The summed E-state index contributed by atoms with van der Waals surface area (Å²) in [6, 6.07) is 0. The zero-order valence-corrected chi connectivity index (χ0v) is 40.6. The summed E-state index contributed by atoms with van der Waals surface area (Å²) < 4.78 is 16.7. The minimum atomic E-state index is -0.800.